The van der Waals surface area contributed by atoms with Crippen LogP contribution in [0.4, 0.5) is 0 Å². The zero-order chi connectivity index (χ0) is 26.6. The number of hydrogen-bond acceptors (Lipinski definition) is 0. The molecule has 0 saturated carbocycles. The normalized spacial score (nSPS) is 16.8. The van der Waals surface area contributed by atoms with Crippen LogP contribution in [0.15, 0.2) is 128 Å². The molecule has 1 unspecified atom stereocenters. The standard InChI is InChI=1S/C39H30/c1-4-26-27(5-2)36-25-35(30-17-9-12-20-34(30)38(36)33-19-11-8-15-28(26)33)31-21-22-37(32-18-10-7-16-29(31)32)39(3)23-13-6-14-24-39/h4-23,25H,1-2,24H2,3H3. The largest absolute Gasteiger partial charge is 0.0984 e. The van der Waals surface area contributed by atoms with Gasteiger partial charge in [0.2, 0.25) is 0 Å². The van der Waals surface area contributed by atoms with Crippen molar-refractivity contribution < 1.29 is 0 Å². The van der Waals surface area contributed by atoms with Crippen LogP contribution in [0.3, 0.4) is 0 Å². The van der Waals surface area contributed by atoms with Crippen molar-refractivity contribution in [1.29, 1.82) is 0 Å². The number of benzene rings is 6. The molecular weight excluding hydrogens is 468 g/mol. The van der Waals surface area contributed by atoms with Gasteiger partial charge in [0.1, 0.15) is 0 Å². The number of rotatable bonds is 4. The van der Waals surface area contributed by atoms with Crippen molar-refractivity contribution in [2.45, 2.75) is 18.8 Å². The lowest BCUT2D eigenvalue weighted by molar-refractivity contribution is 0.605. The summed E-state index contributed by atoms with van der Waals surface area (Å²) < 4.78 is 0. The Morgan fingerprint density at radius 3 is 1.79 bits per heavy atom. The molecule has 186 valence electrons. The van der Waals surface area contributed by atoms with Crippen molar-refractivity contribution in [2.24, 2.45) is 0 Å². The maximum atomic E-state index is 4.24. The van der Waals surface area contributed by atoms with Crippen LogP contribution < -0.4 is 0 Å². The van der Waals surface area contributed by atoms with Gasteiger partial charge < -0.3 is 0 Å². The fourth-order valence-corrected chi connectivity index (χ4v) is 6.73. The first kappa shape index (κ1) is 23.4. The molecule has 6 aromatic carbocycles. The lowest BCUT2D eigenvalue weighted by Gasteiger charge is -2.29. The Morgan fingerprint density at radius 1 is 0.590 bits per heavy atom. The quantitative estimate of drug-likeness (QED) is 0.212. The van der Waals surface area contributed by atoms with Crippen LogP contribution in [0.25, 0.3) is 66.4 Å². The second-order valence-electron chi connectivity index (χ2n) is 10.8. The molecular formula is C39H30. The molecule has 1 aliphatic rings. The van der Waals surface area contributed by atoms with Crippen LogP contribution in [0.2, 0.25) is 0 Å². The van der Waals surface area contributed by atoms with E-state index in [2.05, 4.69) is 135 Å². The molecule has 0 aromatic heterocycles. The van der Waals surface area contributed by atoms with Gasteiger partial charge in [-0.15, -0.1) is 0 Å². The van der Waals surface area contributed by atoms with Gasteiger partial charge in [0, 0.05) is 5.41 Å². The molecule has 7 rings (SSSR count). The van der Waals surface area contributed by atoms with Crippen molar-refractivity contribution >= 4 is 55.2 Å². The third-order valence-corrected chi connectivity index (χ3v) is 8.60. The minimum atomic E-state index is -0.0217. The molecule has 0 aliphatic heterocycles. The molecule has 0 heteroatoms. The van der Waals surface area contributed by atoms with Crippen LogP contribution in [0.1, 0.15) is 30.0 Å². The van der Waals surface area contributed by atoms with Gasteiger partial charge in [-0.05, 0) is 83.4 Å². The van der Waals surface area contributed by atoms with E-state index in [0.29, 0.717) is 0 Å². The van der Waals surface area contributed by atoms with E-state index in [0.717, 1.165) is 17.5 Å². The molecule has 39 heavy (non-hydrogen) atoms. The van der Waals surface area contributed by atoms with Crippen molar-refractivity contribution in [1.82, 2.24) is 0 Å². The summed E-state index contributed by atoms with van der Waals surface area (Å²) in [7, 11) is 0. The summed E-state index contributed by atoms with van der Waals surface area (Å²) >= 11 is 0. The van der Waals surface area contributed by atoms with Crippen molar-refractivity contribution in [3.63, 3.8) is 0 Å². The number of allylic oxidation sites excluding steroid dienone is 4. The van der Waals surface area contributed by atoms with Gasteiger partial charge in [-0.3, -0.25) is 0 Å². The van der Waals surface area contributed by atoms with Gasteiger partial charge >= 0.3 is 0 Å². The first-order chi connectivity index (χ1) is 19.1. The number of fused-ring (bicyclic) bond motifs is 6. The average molecular weight is 499 g/mol. The minimum Gasteiger partial charge on any atom is -0.0984 e. The lowest BCUT2D eigenvalue weighted by Crippen LogP contribution is -2.19. The van der Waals surface area contributed by atoms with Crippen molar-refractivity contribution in [3.05, 3.63) is 145 Å². The van der Waals surface area contributed by atoms with E-state index in [4.69, 9.17) is 0 Å². The topological polar surface area (TPSA) is 0 Å². The van der Waals surface area contributed by atoms with Crippen LogP contribution in [0.5, 0.6) is 0 Å². The Balaban J connectivity index is 1.63. The van der Waals surface area contributed by atoms with E-state index in [9.17, 15) is 0 Å². The fourth-order valence-electron chi connectivity index (χ4n) is 6.73. The molecule has 0 spiro atoms. The molecule has 1 atom stereocenters. The summed E-state index contributed by atoms with van der Waals surface area (Å²) in [6.07, 6.45) is 13.9. The summed E-state index contributed by atoms with van der Waals surface area (Å²) in [5, 5.41) is 10.1. The van der Waals surface area contributed by atoms with Gasteiger partial charge in [-0.1, -0.05) is 141 Å². The Hall–Kier alpha value is -4.68. The highest BCUT2D eigenvalue weighted by Crippen LogP contribution is 2.45. The predicted molar refractivity (Wildman–Crippen MR) is 172 cm³/mol. The van der Waals surface area contributed by atoms with E-state index < -0.39 is 0 Å². The fraction of sp³-hybridized carbons (Fsp3) is 0.0769. The van der Waals surface area contributed by atoms with Crippen LogP contribution in [-0.4, -0.2) is 0 Å². The van der Waals surface area contributed by atoms with Gasteiger partial charge in [0.05, 0.1) is 0 Å². The molecule has 0 radical (unpaired) electrons. The SMILES string of the molecule is C=Cc1c(C=C)c2cc(-c3ccc(C4(C)C=CC=CC4)c4ccccc34)c3ccccc3c2c2ccccc12. The van der Waals surface area contributed by atoms with Crippen molar-refractivity contribution in [3.8, 4) is 11.1 Å². The molecule has 0 fully saturated rings. The monoisotopic (exact) mass is 498 g/mol. The molecule has 1 aliphatic carbocycles. The van der Waals surface area contributed by atoms with Crippen LogP contribution >= 0.6 is 0 Å². The lowest BCUT2D eigenvalue weighted by atomic mass is 9.74. The van der Waals surface area contributed by atoms with Crippen molar-refractivity contribution in [2.75, 3.05) is 0 Å². The predicted octanol–water partition coefficient (Wildman–Crippen LogP) is 11.0. The maximum absolute atomic E-state index is 4.24. The minimum absolute atomic E-state index is 0.0217. The van der Waals surface area contributed by atoms with Crippen LogP contribution in [-0.2, 0) is 5.41 Å². The van der Waals surface area contributed by atoms with E-state index >= 15 is 0 Å². The molecule has 6 aromatic rings. The second-order valence-corrected chi connectivity index (χ2v) is 10.8. The second kappa shape index (κ2) is 8.96. The highest BCUT2D eigenvalue weighted by atomic mass is 14.3. The zero-order valence-corrected chi connectivity index (χ0v) is 22.2. The highest BCUT2D eigenvalue weighted by Gasteiger charge is 2.26. The summed E-state index contributed by atoms with van der Waals surface area (Å²) in [4.78, 5) is 0. The molecule has 0 saturated heterocycles. The Labute approximate surface area is 229 Å². The van der Waals surface area contributed by atoms with Gasteiger partial charge in [-0.25, -0.2) is 0 Å². The summed E-state index contributed by atoms with van der Waals surface area (Å²) in [5.41, 5.74) is 6.14. The third kappa shape index (κ3) is 3.45. The number of hydrogen-bond donors (Lipinski definition) is 0. The van der Waals surface area contributed by atoms with Gasteiger partial charge in [-0.2, -0.15) is 0 Å². The van der Waals surface area contributed by atoms with Crippen LogP contribution in [0, 0.1) is 0 Å². The Kier molecular flexibility index (Phi) is 5.39. The molecule has 0 nitrogen and oxygen atoms in total. The average Bonchev–Trinajstić information content (AvgIpc) is 2.99. The summed E-state index contributed by atoms with van der Waals surface area (Å²) in [6.45, 7) is 10.8. The molecule has 0 N–H and O–H groups in total. The smallest absolute Gasteiger partial charge is 0.0147 e. The van der Waals surface area contributed by atoms with E-state index in [1.807, 2.05) is 12.2 Å². The molecule has 0 heterocycles. The summed E-state index contributed by atoms with van der Waals surface area (Å²) in [5.74, 6) is 0. The molecule has 0 bridgehead atoms. The highest BCUT2D eigenvalue weighted by molar-refractivity contribution is 6.27. The van der Waals surface area contributed by atoms with E-state index in [1.54, 1.807) is 0 Å². The van der Waals surface area contributed by atoms with Gasteiger partial charge in [0.15, 0.2) is 0 Å². The van der Waals surface area contributed by atoms with Gasteiger partial charge in [0.25, 0.3) is 0 Å². The zero-order valence-electron chi connectivity index (χ0n) is 22.2. The van der Waals surface area contributed by atoms with E-state index in [-0.39, 0.29) is 5.41 Å². The third-order valence-electron chi connectivity index (χ3n) is 8.60. The maximum Gasteiger partial charge on any atom is 0.0147 e. The van der Waals surface area contributed by atoms with E-state index in [1.165, 1.54) is 59.8 Å². The summed E-state index contributed by atoms with van der Waals surface area (Å²) in [6, 6.07) is 33.5. The first-order valence-corrected chi connectivity index (χ1v) is 13.7. The molecule has 0 amide bonds. The first-order valence-electron chi connectivity index (χ1n) is 13.7. The Morgan fingerprint density at radius 2 is 1.15 bits per heavy atom. The Bertz CT molecular complexity index is 2030.